The number of rotatable bonds is 4. The van der Waals surface area contributed by atoms with Gasteiger partial charge in [0.25, 0.3) is 0 Å². The predicted octanol–water partition coefficient (Wildman–Crippen LogP) is 2.95. The Balaban J connectivity index is 2.17. The summed E-state index contributed by atoms with van der Waals surface area (Å²) in [4.78, 5) is 0. The van der Waals surface area contributed by atoms with E-state index >= 15 is 0 Å². The Morgan fingerprint density at radius 1 is 1.16 bits per heavy atom. The minimum Gasteiger partial charge on any atom is -0.488 e. The topological polar surface area (TPSA) is 65.6 Å². The SMILES string of the molecule is N#Cc1ccccc1COc1ccccc1/C=N\O. The lowest BCUT2D eigenvalue weighted by Gasteiger charge is -2.09. The molecule has 4 nitrogen and oxygen atoms in total. The highest BCUT2D eigenvalue weighted by atomic mass is 16.5. The van der Waals surface area contributed by atoms with Gasteiger partial charge in [-0.2, -0.15) is 5.26 Å². The van der Waals surface area contributed by atoms with Gasteiger partial charge in [0.1, 0.15) is 12.4 Å². The van der Waals surface area contributed by atoms with Crippen molar-refractivity contribution in [3.8, 4) is 11.8 Å². The number of benzene rings is 2. The average molecular weight is 252 g/mol. The van der Waals surface area contributed by atoms with Gasteiger partial charge < -0.3 is 9.94 Å². The molecule has 0 atom stereocenters. The first-order chi connectivity index (χ1) is 9.35. The number of nitrogens with zero attached hydrogens (tertiary/aromatic N) is 2. The number of para-hydroxylation sites is 1. The molecule has 0 saturated heterocycles. The van der Waals surface area contributed by atoms with Crippen molar-refractivity contribution >= 4 is 6.21 Å². The Morgan fingerprint density at radius 2 is 1.89 bits per heavy atom. The largest absolute Gasteiger partial charge is 0.488 e. The molecule has 0 aromatic heterocycles. The lowest BCUT2D eigenvalue weighted by molar-refractivity contribution is 0.304. The second-order valence-corrected chi connectivity index (χ2v) is 3.84. The van der Waals surface area contributed by atoms with Gasteiger partial charge in [0.2, 0.25) is 0 Å². The summed E-state index contributed by atoms with van der Waals surface area (Å²) in [6, 6.07) is 16.6. The number of ether oxygens (including phenoxy) is 1. The molecule has 0 unspecified atom stereocenters. The van der Waals surface area contributed by atoms with Gasteiger partial charge in [0.15, 0.2) is 0 Å². The van der Waals surface area contributed by atoms with Crippen LogP contribution in [0.5, 0.6) is 5.75 Å². The van der Waals surface area contributed by atoms with Gasteiger partial charge in [-0.15, -0.1) is 0 Å². The van der Waals surface area contributed by atoms with Gasteiger partial charge in [0.05, 0.1) is 17.8 Å². The summed E-state index contributed by atoms with van der Waals surface area (Å²) in [5.41, 5.74) is 2.09. The lowest BCUT2D eigenvalue weighted by atomic mass is 10.1. The number of oxime groups is 1. The molecule has 0 spiro atoms. The predicted molar refractivity (Wildman–Crippen MR) is 71.3 cm³/mol. The molecule has 2 aromatic rings. The zero-order valence-corrected chi connectivity index (χ0v) is 10.2. The van der Waals surface area contributed by atoms with Crippen molar-refractivity contribution in [1.82, 2.24) is 0 Å². The zero-order chi connectivity index (χ0) is 13.5. The van der Waals surface area contributed by atoms with Crippen molar-refractivity contribution < 1.29 is 9.94 Å². The molecule has 0 radical (unpaired) electrons. The monoisotopic (exact) mass is 252 g/mol. The van der Waals surface area contributed by atoms with Crippen LogP contribution in [0.2, 0.25) is 0 Å². The molecule has 19 heavy (non-hydrogen) atoms. The van der Waals surface area contributed by atoms with Crippen LogP contribution in [0.4, 0.5) is 0 Å². The maximum Gasteiger partial charge on any atom is 0.128 e. The summed E-state index contributed by atoms with van der Waals surface area (Å²) in [6.07, 6.45) is 1.31. The van der Waals surface area contributed by atoms with Crippen molar-refractivity contribution in [2.24, 2.45) is 5.16 Å². The quantitative estimate of drug-likeness (QED) is 0.517. The van der Waals surface area contributed by atoms with Crippen molar-refractivity contribution in [3.05, 3.63) is 65.2 Å². The van der Waals surface area contributed by atoms with Gasteiger partial charge in [-0.1, -0.05) is 35.5 Å². The van der Waals surface area contributed by atoms with E-state index in [4.69, 9.17) is 15.2 Å². The summed E-state index contributed by atoms with van der Waals surface area (Å²) in [5.74, 6) is 0.605. The fourth-order valence-electron chi connectivity index (χ4n) is 1.69. The van der Waals surface area contributed by atoms with E-state index in [1.165, 1.54) is 6.21 Å². The molecule has 1 N–H and O–H groups in total. The molecule has 0 aliphatic heterocycles. The van der Waals surface area contributed by atoms with Crippen LogP contribution in [-0.2, 0) is 6.61 Å². The minimum absolute atomic E-state index is 0.292. The third-order valence-corrected chi connectivity index (χ3v) is 2.64. The third kappa shape index (κ3) is 3.11. The summed E-state index contributed by atoms with van der Waals surface area (Å²) in [7, 11) is 0. The molecule has 0 aliphatic carbocycles. The Bertz CT molecular complexity index is 630. The molecule has 0 aliphatic rings. The van der Waals surface area contributed by atoms with E-state index in [2.05, 4.69) is 11.2 Å². The van der Waals surface area contributed by atoms with Gasteiger partial charge in [0, 0.05) is 11.1 Å². The first kappa shape index (κ1) is 12.7. The molecule has 0 saturated carbocycles. The summed E-state index contributed by atoms with van der Waals surface area (Å²) < 4.78 is 5.66. The molecule has 2 aromatic carbocycles. The van der Waals surface area contributed by atoms with E-state index in [1.54, 1.807) is 18.2 Å². The fraction of sp³-hybridized carbons (Fsp3) is 0.0667. The van der Waals surface area contributed by atoms with Crippen LogP contribution < -0.4 is 4.74 Å². The Morgan fingerprint density at radius 3 is 2.68 bits per heavy atom. The van der Waals surface area contributed by atoms with E-state index in [0.29, 0.717) is 23.5 Å². The lowest BCUT2D eigenvalue weighted by Crippen LogP contribution is -2.00. The summed E-state index contributed by atoms with van der Waals surface area (Å²) in [6.45, 7) is 0.292. The molecule has 0 fully saturated rings. The number of hydrogen-bond donors (Lipinski definition) is 1. The third-order valence-electron chi connectivity index (χ3n) is 2.64. The highest BCUT2D eigenvalue weighted by Gasteiger charge is 2.04. The van der Waals surface area contributed by atoms with Gasteiger partial charge >= 0.3 is 0 Å². The molecule has 0 amide bonds. The highest BCUT2D eigenvalue weighted by molar-refractivity contribution is 5.82. The van der Waals surface area contributed by atoms with Crippen molar-refractivity contribution in [1.29, 1.82) is 5.26 Å². The van der Waals surface area contributed by atoms with Crippen LogP contribution in [0, 0.1) is 11.3 Å². The Kier molecular flexibility index (Phi) is 4.14. The molecule has 2 rings (SSSR count). The maximum atomic E-state index is 8.99. The van der Waals surface area contributed by atoms with E-state index in [0.717, 1.165) is 5.56 Å². The van der Waals surface area contributed by atoms with Gasteiger partial charge in [-0.25, -0.2) is 0 Å². The minimum atomic E-state index is 0.292. The standard InChI is InChI=1S/C15H12N2O2/c16-9-12-5-1-2-7-14(12)11-19-15-8-4-3-6-13(15)10-17-18/h1-8,10,18H,11H2/b17-10-. The molecular weight excluding hydrogens is 240 g/mol. The van der Waals surface area contributed by atoms with Crippen molar-refractivity contribution in [3.63, 3.8) is 0 Å². The van der Waals surface area contributed by atoms with E-state index in [9.17, 15) is 0 Å². The van der Waals surface area contributed by atoms with E-state index in [-0.39, 0.29) is 0 Å². The molecule has 0 bridgehead atoms. The van der Waals surface area contributed by atoms with Crippen LogP contribution >= 0.6 is 0 Å². The van der Waals surface area contributed by atoms with E-state index in [1.807, 2.05) is 30.3 Å². The van der Waals surface area contributed by atoms with E-state index < -0.39 is 0 Å². The molecule has 4 heteroatoms. The smallest absolute Gasteiger partial charge is 0.128 e. The van der Waals surface area contributed by atoms with Crippen molar-refractivity contribution in [2.45, 2.75) is 6.61 Å². The maximum absolute atomic E-state index is 8.99. The van der Waals surface area contributed by atoms with Gasteiger partial charge in [-0.05, 0) is 18.2 Å². The Labute approximate surface area is 111 Å². The van der Waals surface area contributed by atoms with Crippen LogP contribution in [0.3, 0.4) is 0 Å². The van der Waals surface area contributed by atoms with Crippen LogP contribution in [0.25, 0.3) is 0 Å². The second-order valence-electron chi connectivity index (χ2n) is 3.84. The number of hydrogen-bond acceptors (Lipinski definition) is 4. The highest BCUT2D eigenvalue weighted by Crippen LogP contribution is 2.18. The molecule has 0 heterocycles. The first-order valence-corrected chi connectivity index (χ1v) is 5.72. The Hall–Kier alpha value is -2.80. The van der Waals surface area contributed by atoms with Crippen LogP contribution in [0.15, 0.2) is 53.7 Å². The first-order valence-electron chi connectivity index (χ1n) is 5.72. The van der Waals surface area contributed by atoms with Crippen molar-refractivity contribution in [2.75, 3.05) is 0 Å². The normalized spacial score (nSPS) is 10.3. The van der Waals surface area contributed by atoms with Gasteiger partial charge in [-0.3, -0.25) is 0 Å². The average Bonchev–Trinajstić information content (AvgIpc) is 2.47. The van der Waals surface area contributed by atoms with Crippen LogP contribution in [-0.4, -0.2) is 11.4 Å². The second kappa shape index (κ2) is 6.22. The fourth-order valence-corrected chi connectivity index (χ4v) is 1.69. The summed E-state index contributed by atoms with van der Waals surface area (Å²) in [5, 5.41) is 20.6. The summed E-state index contributed by atoms with van der Waals surface area (Å²) >= 11 is 0. The molecular formula is C15H12N2O2. The van der Waals surface area contributed by atoms with Crippen LogP contribution in [0.1, 0.15) is 16.7 Å². The number of nitriles is 1. The zero-order valence-electron chi connectivity index (χ0n) is 10.2. The molecule has 94 valence electrons.